The fourth-order valence-electron chi connectivity index (χ4n) is 7.39. The van der Waals surface area contributed by atoms with Gasteiger partial charge in [0.25, 0.3) is 0 Å². The van der Waals surface area contributed by atoms with Gasteiger partial charge in [-0.25, -0.2) is 0 Å². The molecule has 0 aliphatic heterocycles. The van der Waals surface area contributed by atoms with E-state index >= 15 is 0 Å². The highest BCUT2D eigenvalue weighted by atomic mass is 16.6. The first-order valence-electron chi connectivity index (χ1n) is 11.3. The largest absolute Gasteiger partial charge is 0.458 e. The monoisotopic (exact) mass is 416 g/mol. The number of ketones is 2. The third-order valence-electron chi connectivity index (χ3n) is 8.59. The van der Waals surface area contributed by atoms with Gasteiger partial charge < -0.3 is 9.47 Å². The zero-order chi connectivity index (χ0) is 21.7. The van der Waals surface area contributed by atoms with Crippen molar-refractivity contribution >= 4 is 23.5 Å². The van der Waals surface area contributed by atoms with Gasteiger partial charge in [0.2, 0.25) is 5.78 Å². The van der Waals surface area contributed by atoms with E-state index in [1.54, 1.807) is 0 Å². The van der Waals surface area contributed by atoms with Gasteiger partial charge in [0, 0.05) is 25.7 Å². The molecule has 0 radical (unpaired) electrons. The van der Waals surface area contributed by atoms with Gasteiger partial charge in [-0.1, -0.05) is 12.5 Å². The van der Waals surface area contributed by atoms with Crippen LogP contribution >= 0.6 is 0 Å². The van der Waals surface area contributed by atoms with Crippen LogP contribution in [0.25, 0.3) is 0 Å². The van der Waals surface area contributed by atoms with E-state index < -0.39 is 23.0 Å². The third-order valence-corrected chi connectivity index (χ3v) is 8.59. The molecule has 0 unspecified atom stereocenters. The van der Waals surface area contributed by atoms with E-state index in [0.29, 0.717) is 30.6 Å². The van der Waals surface area contributed by atoms with E-state index in [-0.39, 0.29) is 24.1 Å². The number of fused-ring (bicyclic) bond motifs is 5. The van der Waals surface area contributed by atoms with E-state index in [1.807, 2.05) is 6.08 Å². The molecule has 4 aliphatic carbocycles. The van der Waals surface area contributed by atoms with Gasteiger partial charge in [0.15, 0.2) is 18.0 Å². The number of allylic oxidation sites excluding steroid dienone is 1. The number of hydrogen-bond acceptors (Lipinski definition) is 6. The lowest BCUT2D eigenvalue weighted by Crippen LogP contribution is -2.59. The summed E-state index contributed by atoms with van der Waals surface area (Å²) in [4.78, 5) is 48.5. The Morgan fingerprint density at radius 3 is 2.47 bits per heavy atom. The molecular weight excluding hydrogens is 384 g/mol. The Hall–Kier alpha value is -1.98. The van der Waals surface area contributed by atoms with E-state index in [0.717, 1.165) is 38.5 Å². The Labute approximate surface area is 177 Å². The first-order valence-corrected chi connectivity index (χ1v) is 11.3. The zero-order valence-corrected chi connectivity index (χ0v) is 18.2. The first kappa shape index (κ1) is 21.3. The summed E-state index contributed by atoms with van der Waals surface area (Å²) in [7, 11) is 0. The van der Waals surface area contributed by atoms with E-state index in [2.05, 4.69) is 6.92 Å². The molecule has 6 atom stereocenters. The Balaban J connectivity index is 1.63. The predicted octanol–water partition coefficient (Wildman–Crippen LogP) is 3.56. The molecule has 0 heterocycles. The quantitative estimate of drug-likeness (QED) is 0.651. The smallest absolute Gasteiger partial charge is 0.303 e. The molecule has 0 aromatic heterocycles. The van der Waals surface area contributed by atoms with Crippen LogP contribution in [0.2, 0.25) is 0 Å². The maximum absolute atomic E-state index is 13.3. The lowest BCUT2D eigenvalue weighted by atomic mass is 9.50. The van der Waals surface area contributed by atoms with Crippen molar-refractivity contribution in [2.75, 3.05) is 6.61 Å². The van der Waals surface area contributed by atoms with Crippen LogP contribution < -0.4 is 0 Å². The van der Waals surface area contributed by atoms with Gasteiger partial charge in [-0.3, -0.25) is 19.2 Å². The van der Waals surface area contributed by atoms with Crippen molar-refractivity contribution in [2.24, 2.45) is 29.1 Å². The summed E-state index contributed by atoms with van der Waals surface area (Å²) < 4.78 is 10.8. The molecule has 164 valence electrons. The fourth-order valence-corrected chi connectivity index (χ4v) is 7.39. The van der Waals surface area contributed by atoms with Crippen molar-refractivity contribution in [2.45, 2.75) is 77.7 Å². The van der Waals surface area contributed by atoms with Crippen molar-refractivity contribution < 1.29 is 28.7 Å². The van der Waals surface area contributed by atoms with Gasteiger partial charge in [0.1, 0.15) is 0 Å². The highest BCUT2D eigenvalue weighted by molar-refractivity contribution is 5.93. The van der Waals surface area contributed by atoms with Crippen molar-refractivity contribution in [3.05, 3.63) is 11.6 Å². The third kappa shape index (κ3) is 3.23. The number of esters is 2. The van der Waals surface area contributed by atoms with Crippen molar-refractivity contribution in [1.29, 1.82) is 0 Å². The van der Waals surface area contributed by atoms with Crippen LogP contribution in [-0.4, -0.2) is 35.7 Å². The fraction of sp³-hybridized carbons (Fsp3) is 0.750. The standard InChI is InChI=1S/C24H32O6/c1-14(25)29-13-22(28)24(30-15(2)26)11-9-21-20-6-4-16-12-17(27)5-7-18(16)19(20)8-10-23(21,24)3/h12,18-21H,4-11,13H2,1-3H3/t18-,19+,20+,21-,23-,24+/m0/s1. The van der Waals surface area contributed by atoms with Crippen molar-refractivity contribution in [1.82, 2.24) is 0 Å². The minimum atomic E-state index is -1.22. The van der Waals surface area contributed by atoms with Crippen LogP contribution in [0.3, 0.4) is 0 Å². The molecule has 30 heavy (non-hydrogen) atoms. The van der Waals surface area contributed by atoms with Crippen molar-refractivity contribution in [3.8, 4) is 0 Å². The highest BCUT2D eigenvalue weighted by Crippen LogP contribution is 2.66. The minimum absolute atomic E-state index is 0.256. The summed E-state index contributed by atoms with van der Waals surface area (Å²) in [6.45, 7) is 4.37. The molecule has 0 spiro atoms. The zero-order valence-electron chi connectivity index (χ0n) is 18.2. The van der Waals surface area contributed by atoms with Crippen LogP contribution in [0.15, 0.2) is 11.6 Å². The van der Waals surface area contributed by atoms with Crippen LogP contribution in [0.5, 0.6) is 0 Å². The molecule has 0 aromatic rings. The average molecular weight is 417 g/mol. The molecular formula is C24H32O6. The normalized spacial score (nSPS) is 39.8. The van der Waals surface area contributed by atoms with E-state index in [4.69, 9.17) is 9.47 Å². The molecule has 4 aliphatic rings. The maximum atomic E-state index is 13.3. The highest BCUT2D eigenvalue weighted by Gasteiger charge is 2.67. The Morgan fingerprint density at radius 1 is 1.00 bits per heavy atom. The second-order valence-corrected chi connectivity index (χ2v) is 9.92. The average Bonchev–Trinajstić information content (AvgIpc) is 2.98. The summed E-state index contributed by atoms with van der Waals surface area (Å²) in [5.74, 6) is 0.758. The molecule has 3 fully saturated rings. The number of carbonyl (C=O) groups excluding carboxylic acids is 4. The molecule has 0 aromatic carbocycles. The van der Waals surface area contributed by atoms with Gasteiger partial charge in [-0.05, 0) is 74.7 Å². The first-order chi connectivity index (χ1) is 14.2. The second-order valence-electron chi connectivity index (χ2n) is 9.92. The molecule has 0 amide bonds. The SMILES string of the molecule is CC(=O)OCC(=O)[C@]1(OC(C)=O)CC[C@H]2[C@@H]3CCC4=CC(=O)CC[C@@H]4[C@H]3CC[C@@]21C. The molecule has 6 heteroatoms. The van der Waals surface area contributed by atoms with Gasteiger partial charge >= 0.3 is 11.9 Å². The Kier molecular flexibility index (Phi) is 5.39. The lowest BCUT2D eigenvalue weighted by molar-refractivity contribution is -0.189. The molecule has 6 nitrogen and oxygen atoms in total. The topological polar surface area (TPSA) is 86.7 Å². The number of carbonyl (C=O) groups is 4. The molecule has 4 rings (SSSR count). The van der Waals surface area contributed by atoms with Crippen LogP contribution in [0, 0.1) is 29.1 Å². The van der Waals surface area contributed by atoms with Crippen molar-refractivity contribution in [3.63, 3.8) is 0 Å². The number of Topliss-reactive ketones (excluding diaryl/α,β-unsaturated/α-hetero) is 1. The number of rotatable bonds is 4. The van der Waals surface area contributed by atoms with Crippen LogP contribution in [0.1, 0.15) is 72.1 Å². The Bertz CT molecular complexity index is 813. The van der Waals surface area contributed by atoms with Crippen LogP contribution in [-0.2, 0) is 28.7 Å². The van der Waals surface area contributed by atoms with Crippen LogP contribution in [0.4, 0.5) is 0 Å². The summed E-state index contributed by atoms with van der Waals surface area (Å²) in [5.41, 5.74) is -0.350. The molecule has 3 saturated carbocycles. The summed E-state index contributed by atoms with van der Waals surface area (Å²) in [6.07, 6.45) is 8.53. The van der Waals surface area contributed by atoms with E-state index in [9.17, 15) is 19.2 Å². The summed E-state index contributed by atoms with van der Waals surface area (Å²) >= 11 is 0. The second kappa shape index (κ2) is 7.61. The maximum Gasteiger partial charge on any atom is 0.303 e. The summed E-state index contributed by atoms with van der Waals surface area (Å²) in [6, 6.07) is 0. The minimum Gasteiger partial charge on any atom is -0.458 e. The van der Waals surface area contributed by atoms with Gasteiger partial charge in [-0.15, -0.1) is 0 Å². The molecule has 0 N–H and O–H groups in total. The molecule has 0 saturated heterocycles. The van der Waals surface area contributed by atoms with E-state index in [1.165, 1.54) is 19.4 Å². The lowest BCUT2D eigenvalue weighted by Gasteiger charge is -2.55. The number of ether oxygens (including phenoxy) is 2. The summed E-state index contributed by atoms with van der Waals surface area (Å²) in [5, 5.41) is 0. The number of hydrogen-bond donors (Lipinski definition) is 0. The van der Waals surface area contributed by atoms with Gasteiger partial charge in [-0.2, -0.15) is 0 Å². The Morgan fingerprint density at radius 2 is 1.77 bits per heavy atom. The predicted molar refractivity (Wildman–Crippen MR) is 108 cm³/mol. The van der Waals surface area contributed by atoms with Gasteiger partial charge in [0.05, 0.1) is 0 Å². The molecule has 0 bridgehead atoms.